The monoisotopic (exact) mass is 136 g/mol. The maximum Gasteiger partial charge on any atom is 0.0677 e. The van der Waals surface area contributed by atoms with Crippen LogP contribution in [-0.4, -0.2) is 17.1 Å². The average Bonchev–Trinajstić information content (AvgIpc) is 1.65. The van der Waals surface area contributed by atoms with Gasteiger partial charge in [-0.15, -0.1) is 11.6 Å². The quantitative estimate of drug-likeness (QED) is 0.585. The first-order chi connectivity index (χ1) is 3.66. The molecule has 0 saturated heterocycles. The van der Waals surface area contributed by atoms with Gasteiger partial charge in [0.15, 0.2) is 0 Å². The van der Waals surface area contributed by atoms with Gasteiger partial charge in [-0.1, -0.05) is 13.8 Å². The maximum atomic E-state index is 8.90. The second-order valence-electron chi connectivity index (χ2n) is 2.44. The van der Waals surface area contributed by atoms with E-state index in [4.69, 9.17) is 16.7 Å². The molecular formula is C6H13ClO. The third-order valence-electron chi connectivity index (χ3n) is 0.922. The second kappa shape index (κ2) is 4.16. The van der Waals surface area contributed by atoms with Gasteiger partial charge in [0, 0.05) is 5.88 Å². The van der Waals surface area contributed by atoms with Gasteiger partial charge in [-0.25, -0.2) is 0 Å². The van der Waals surface area contributed by atoms with Gasteiger partial charge in [-0.2, -0.15) is 0 Å². The van der Waals surface area contributed by atoms with Crippen LogP contribution in [0.3, 0.4) is 0 Å². The van der Waals surface area contributed by atoms with Gasteiger partial charge in [0.1, 0.15) is 0 Å². The van der Waals surface area contributed by atoms with E-state index in [9.17, 15) is 0 Å². The highest BCUT2D eigenvalue weighted by atomic mass is 35.5. The predicted octanol–water partition coefficient (Wildman–Crippen LogP) is 1.63. The molecule has 0 bridgehead atoms. The smallest absolute Gasteiger partial charge is 0.0677 e. The molecule has 0 rings (SSSR count). The van der Waals surface area contributed by atoms with Gasteiger partial charge < -0.3 is 5.11 Å². The molecule has 0 amide bonds. The molecule has 0 aliphatic rings. The van der Waals surface area contributed by atoms with E-state index < -0.39 is 0 Å². The summed E-state index contributed by atoms with van der Waals surface area (Å²) in [6.45, 7) is 4.13. The largest absolute Gasteiger partial charge is 0.392 e. The molecule has 0 saturated carbocycles. The number of alkyl halides is 1. The SMILES string of the molecule is CC(C)C[C@H](O)CCl. The summed E-state index contributed by atoms with van der Waals surface area (Å²) in [6.07, 6.45) is 0.500. The van der Waals surface area contributed by atoms with Crippen LogP contribution in [0.5, 0.6) is 0 Å². The second-order valence-corrected chi connectivity index (χ2v) is 2.75. The van der Waals surface area contributed by atoms with Gasteiger partial charge in [0.2, 0.25) is 0 Å². The molecule has 8 heavy (non-hydrogen) atoms. The molecule has 0 aromatic rings. The molecule has 0 heterocycles. The summed E-state index contributed by atoms with van der Waals surface area (Å²) in [5.41, 5.74) is 0. The van der Waals surface area contributed by atoms with Crippen molar-refractivity contribution in [2.24, 2.45) is 5.92 Å². The molecule has 0 aromatic heterocycles. The Morgan fingerprint density at radius 1 is 1.50 bits per heavy atom. The van der Waals surface area contributed by atoms with Crippen molar-refractivity contribution in [3.05, 3.63) is 0 Å². The van der Waals surface area contributed by atoms with E-state index >= 15 is 0 Å². The average molecular weight is 137 g/mol. The first kappa shape index (κ1) is 8.25. The minimum Gasteiger partial charge on any atom is -0.392 e. The lowest BCUT2D eigenvalue weighted by molar-refractivity contribution is 0.171. The first-order valence-corrected chi connectivity index (χ1v) is 3.44. The highest BCUT2D eigenvalue weighted by molar-refractivity contribution is 6.18. The van der Waals surface area contributed by atoms with E-state index in [-0.39, 0.29) is 6.10 Å². The molecule has 1 atom stereocenters. The molecule has 0 aliphatic carbocycles. The molecule has 0 spiro atoms. The topological polar surface area (TPSA) is 20.2 Å². The molecule has 0 aromatic carbocycles. The third kappa shape index (κ3) is 4.41. The Labute approximate surface area is 55.7 Å². The zero-order chi connectivity index (χ0) is 6.57. The summed E-state index contributed by atoms with van der Waals surface area (Å²) in [6, 6.07) is 0. The van der Waals surface area contributed by atoms with Crippen LogP contribution in [0.15, 0.2) is 0 Å². The summed E-state index contributed by atoms with van der Waals surface area (Å²) in [7, 11) is 0. The minimum atomic E-state index is -0.309. The summed E-state index contributed by atoms with van der Waals surface area (Å²) in [5.74, 6) is 0.904. The molecule has 0 aliphatic heterocycles. The van der Waals surface area contributed by atoms with Crippen LogP contribution in [0.1, 0.15) is 20.3 Å². The summed E-state index contributed by atoms with van der Waals surface area (Å²) in [4.78, 5) is 0. The number of hydrogen-bond acceptors (Lipinski definition) is 1. The van der Waals surface area contributed by atoms with E-state index in [1.54, 1.807) is 0 Å². The fourth-order valence-electron chi connectivity index (χ4n) is 0.607. The molecule has 0 unspecified atom stereocenters. The molecular weight excluding hydrogens is 124 g/mol. The Morgan fingerprint density at radius 3 is 2.12 bits per heavy atom. The number of rotatable bonds is 3. The Hall–Kier alpha value is 0.250. The van der Waals surface area contributed by atoms with Gasteiger partial charge >= 0.3 is 0 Å². The van der Waals surface area contributed by atoms with Crippen LogP contribution >= 0.6 is 11.6 Å². The van der Waals surface area contributed by atoms with Crippen molar-refractivity contribution >= 4 is 11.6 Å². The van der Waals surface area contributed by atoms with E-state index in [0.717, 1.165) is 6.42 Å². The van der Waals surface area contributed by atoms with Crippen LogP contribution in [0.4, 0.5) is 0 Å². The first-order valence-electron chi connectivity index (χ1n) is 2.90. The standard InChI is InChI=1S/C6H13ClO/c1-5(2)3-6(8)4-7/h5-6,8H,3-4H2,1-2H3/t6-/m0/s1. The maximum absolute atomic E-state index is 8.90. The Kier molecular flexibility index (Phi) is 4.29. The fourth-order valence-corrected chi connectivity index (χ4v) is 0.733. The van der Waals surface area contributed by atoms with Crippen molar-refractivity contribution in [1.29, 1.82) is 0 Å². The van der Waals surface area contributed by atoms with E-state index in [2.05, 4.69) is 13.8 Å². The summed E-state index contributed by atoms with van der Waals surface area (Å²) in [5, 5.41) is 8.90. The highest BCUT2D eigenvalue weighted by Crippen LogP contribution is 2.04. The number of aliphatic hydroxyl groups excluding tert-OH is 1. The molecule has 1 N–H and O–H groups in total. The molecule has 50 valence electrons. The van der Waals surface area contributed by atoms with Gasteiger partial charge in [0.05, 0.1) is 6.10 Å². The zero-order valence-corrected chi connectivity index (χ0v) is 6.15. The van der Waals surface area contributed by atoms with Crippen LogP contribution in [-0.2, 0) is 0 Å². The lowest BCUT2D eigenvalue weighted by Crippen LogP contribution is -2.10. The van der Waals surface area contributed by atoms with Crippen molar-refractivity contribution in [2.75, 3.05) is 5.88 Å². The zero-order valence-electron chi connectivity index (χ0n) is 5.39. The van der Waals surface area contributed by atoms with Gasteiger partial charge in [0.25, 0.3) is 0 Å². The molecule has 2 heteroatoms. The molecule has 0 fully saturated rings. The highest BCUT2D eigenvalue weighted by Gasteiger charge is 2.03. The summed E-state index contributed by atoms with van der Waals surface area (Å²) >= 11 is 5.35. The Bertz CT molecular complexity index is 54.5. The van der Waals surface area contributed by atoms with Gasteiger partial charge in [-0.05, 0) is 12.3 Å². The van der Waals surface area contributed by atoms with E-state index in [1.807, 2.05) is 0 Å². The van der Waals surface area contributed by atoms with Crippen LogP contribution in [0.25, 0.3) is 0 Å². The van der Waals surface area contributed by atoms with E-state index in [0.29, 0.717) is 11.8 Å². The van der Waals surface area contributed by atoms with Crippen molar-refractivity contribution < 1.29 is 5.11 Å². The van der Waals surface area contributed by atoms with Crippen molar-refractivity contribution in [3.8, 4) is 0 Å². The number of hydrogen-bond donors (Lipinski definition) is 1. The lowest BCUT2D eigenvalue weighted by Gasteiger charge is -2.07. The third-order valence-corrected chi connectivity index (χ3v) is 1.28. The van der Waals surface area contributed by atoms with Crippen LogP contribution in [0, 0.1) is 5.92 Å². The number of halogens is 1. The normalized spacial score (nSPS) is 14.6. The summed E-state index contributed by atoms with van der Waals surface area (Å²) < 4.78 is 0. The minimum absolute atomic E-state index is 0.309. The Morgan fingerprint density at radius 2 is 2.00 bits per heavy atom. The van der Waals surface area contributed by atoms with Gasteiger partial charge in [-0.3, -0.25) is 0 Å². The molecule has 1 nitrogen and oxygen atoms in total. The predicted molar refractivity (Wildman–Crippen MR) is 36.2 cm³/mol. The fraction of sp³-hybridized carbons (Fsp3) is 1.00. The van der Waals surface area contributed by atoms with Crippen LogP contribution < -0.4 is 0 Å². The number of aliphatic hydroxyl groups is 1. The van der Waals surface area contributed by atoms with Crippen LogP contribution in [0.2, 0.25) is 0 Å². The van der Waals surface area contributed by atoms with Crippen molar-refractivity contribution in [1.82, 2.24) is 0 Å². The Balaban J connectivity index is 3.10. The molecule has 0 radical (unpaired) electrons. The van der Waals surface area contributed by atoms with E-state index in [1.165, 1.54) is 0 Å². The van der Waals surface area contributed by atoms with Crippen molar-refractivity contribution in [3.63, 3.8) is 0 Å². The van der Waals surface area contributed by atoms with Crippen molar-refractivity contribution in [2.45, 2.75) is 26.4 Å². The lowest BCUT2D eigenvalue weighted by atomic mass is 10.1.